The Kier molecular flexibility index (Phi) is 7.19. The van der Waals surface area contributed by atoms with Crippen molar-refractivity contribution in [3.8, 4) is 33.8 Å². The van der Waals surface area contributed by atoms with Gasteiger partial charge < -0.3 is 24.7 Å². The van der Waals surface area contributed by atoms with Gasteiger partial charge in [-0.25, -0.2) is 4.98 Å². The number of hydrogen-bond acceptors (Lipinski definition) is 6. The summed E-state index contributed by atoms with van der Waals surface area (Å²) in [4.78, 5) is 20.1. The maximum atomic E-state index is 12.9. The van der Waals surface area contributed by atoms with Crippen molar-refractivity contribution in [3.63, 3.8) is 0 Å². The number of aliphatic hydroxyl groups excluding tert-OH is 2. The van der Waals surface area contributed by atoms with Crippen LogP contribution in [0.5, 0.6) is 11.5 Å². The highest BCUT2D eigenvalue weighted by Gasteiger charge is 2.18. The summed E-state index contributed by atoms with van der Waals surface area (Å²) in [6.45, 7) is 8.12. The summed E-state index contributed by atoms with van der Waals surface area (Å²) in [5, 5.41) is 19.0. The van der Waals surface area contributed by atoms with Crippen molar-refractivity contribution in [2.24, 2.45) is 0 Å². The van der Waals surface area contributed by atoms with E-state index in [-0.39, 0.29) is 32.0 Å². The zero-order chi connectivity index (χ0) is 25.1. The summed E-state index contributed by atoms with van der Waals surface area (Å²) >= 11 is 0. The van der Waals surface area contributed by atoms with Crippen LogP contribution in [0.4, 0.5) is 0 Å². The van der Waals surface area contributed by atoms with E-state index in [2.05, 4.69) is 9.97 Å². The Hall–Kier alpha value is -3.68. The van der Waals surface area contributed by atoms with Crippen molar-refractivity contribution in [2.45, 2.75) is 27.7 Å². The number of aryl methyl sites for hydroxylation is 2. The Morgan fingerprint density at radius 1 is 0.800 bits per heavy atom. The van der Waals surface area contributed by atoms with Crippen LogP contribution in [0.15, 0.2) is 47.5 Å². The molecule has 7 heteroatoms. The minimum Gasteiger partial charge on any atom is -0.491 e. The van der Waals surface area contributed by atoms with Gasteiger partial charge in [0.25, 0.3) is 5.56 Å². The SMILES string of the molecule is Cc1ccc(-c2cc(-c3ccc(C)c(OCCO)c3C)c3c(=O)[nH]cnc3c2)c(C)c1OCCO. The molecule has 0 saturated carbocycles. The normalized spacial score (nSPS) is 11.1. The molecule has 0 unspecified atom stereocenters. The van der Waals surface area contributed by atoms with Crippen molar-refractivity contribution >= 4 is 10.9 Å². The van der Waals surface area contributed by atoms with E-state index in [0.29, 0.717) is 16.7 Å². The van der Waals surface area contributed by atoms with Gasteiger partial charge in [-0.1, -0.05) is 24.3 Å². The van der Waals surface area contributed by atoms with Crippen LogP contribution in [-0.2, 0) is 0 Å². The molecule has 0 bridgehead atoms. The first-order valence-corrected chi connectivity index (χ1v) is 11.6. The third-order valence-electron chi connectivity index (χ3n) is 6.23. The Labute approximate surface area is 204 Å². The monoisotopic (exact) mass is 474 g/mol. The molecule has 0 amide bonds. The Morgan fingerprint density at radius 2 is 1.37 bits per heavy atom. The Bertz CT molecular complexity index is 1440. The zero-order valence-electron chi connectivity index (χ0n) is 20.4. The fourth-order valence-electron chi connectivity index (χ4n) is 4.57. The number of hydrogen-bond donors (Lipinski definition) is 3. The molecule has 4 rings (SSSR count). The van der Waals surface area contributed by atoms with Crippen LogP contribution in [0, 0.1) is 27.7 Å². The van der Waals surface area contributed by atoms with Gasteiger partial charge in [-0.15, -0.1) is 0 Å². The molecule has 1 heterocycles. The molecule has 0 atom stereocenters. The average molecular weight is 475 g/mol. The van der Waals surface area contributed by atoms with Gasteiger partial charge in [0.2, 0.25) is 0 Å². The first-order valence-electron chi connectivity index (χ1n) is 11.6. The van der Waals surface area contributed by atoms with Crippen LogP contribution >= 0.6 is 0 Å². The molecule has 182 valence electrons. The van der Waals surface area contributed by atoms with Crippen LogP contribution in [0.1, 0.15) is 22.3 Å². The van der Waals surface area contributed by atoms with E-state index in [1.54, 1.807) is 0 Å². The maximum absolute atomic E-state index is 12.9. The lowest BCUT2D eigenvalue weighted by Crippen LogP contribution is -2.09. The van der Waals surface area contributed by atoms with Crippen LogP contribution in [-0.4, -0.2) is 46.6 Å². The van der Waals surface area contributed by atoms with Crippen LogP contribution in [0.25, 0.3) is 33.2 Å². The minimum atomic E-state index is -0.220. The molecule has 0 aliphatic heterocycles. The fraction of sp³-hybridized carbons (Fsp3) is 0.286. The summed E-state index contributed by atoms with van der Waals surface area (Å²) < 4.78 is 11.7. The predicted octanol–water partition coefficient (Wildman–Crippen LogP) is 4.23. The second-order valence-corrected chi connectivity index (χ2v) is 8.56. The summed E-state index contributed by atoms with van der Waals surface area (Å²) in [7, 11) is 0. The number of H-pyrrole nitrogens is 1. The lowest BCUT2D eigenvalue weighted by Gasteiger charge is -2.18. The van der Waals surface area contributed by atoms with Gasteiger partial charge in [0.15, 0.2) is 0 Å². The molecular weight excluding hydrogens is 444 g/mol. The van der Waals surface area contributed by atoms with Gasteiger partial charge in [0.05, 0.1) is 30.4 Å². The number of fused-ring (bicyclic) bond motifs is 1. The quantitative estimate of drug-likeness (QED) is 0.353. The molecule has 3 N–H and O–H groups in total. The number of aromatic amines is 1. The van der Waals surface area contributed by atoms with Gasteiger partial charge in [-0.3, -0.25) is 4.79 Å². The largest absolute Gasteiger partial charge is 0.491 e. The van der Waals surface area contributed by atoms with Gasteiger partial charge in [-0.05, 0) is 84.3 Å². The molecule has 0 radical (unpaired) electrons. The first kappa shape index (κ1) is 24.4. The molecule has 3 aromatic carbocycles. The number of nitrogens with zero attached hydrogens (tertiary/aromatic N) is 1. The third-order valence-corrected chi connectivity index (χ3v) is 6.23. The highest BCUT2D eigenvalue weighted by molar-refractivity contribution is 5.99. The van der Waals surface area contributed by atoms with Crippen molar-refractivity contribution in [1.82, 2.24) is 9.97 Å². The molecule has 35 heavy (non-hydrogen) atoms. The van der Waals surface area contributed by atoms with Crippen LogP contribution in [0.2, 0.25) is 0 Å². The van der Waals surface area contributed by atoms with Crippen molar-refractivity contribution in [1.29, 1.82) is 0 Å². The lowest BCUT2D eigenvalue weighted by molar-refractivity contribution is 0.200. The second-order valence-electron chi connectivity index (χ2n) is 8.56. The number of benzene rings is 3. The van der Waals surface area contributed by atoms with Crippen molar-refractivity contribution in [3.05, 3.63) is 75.3 Å². The van der Waals surface area contributed by atoms with E-state index < -0.39 is 0 Å². The van der Waals surface area contributed by atoms with Crippen LogP contribution < -0.4 is 15.0 Å². The molecule has 1 aromatic heterocycles. The predicted molar refractivity (Wildman–Crippen MR) is 137 cm³/mol. The van der Waals surface area contributed by atoms with E-state index >= 15 is 0 Å². The number of rotatable bonds is 8. The van der Waals surface area contributed by atoms with E-state index in [1.807, 2.05) is 64.1 Å². The smallest absolute Gasteiger partial charge is 0.259 e. The summed E-state index contributed by atoms with van der Waals surface area (Å²) in [5.74, 6) is 1.44. The molecule has 0 saturated heterocycles. The maximum Gasteiger partial charge on any atom is 0.259 e. The summed E-state index contributed by atoms with van der Waals surface area (Å²) in [6.07, 6.45) is 1.41. The van der Waals surface area contributed by atoms with Gasteiger partial charge in [0, 0.05) is 0 Å². The molecule has 0 aliphatic rings. The van der Waals surface area contributed by atoms with Gasteiger partial charge >= 0.3 is 0 Å². The highest BCUT2D eigenvalue weighted by atomic mass is 16.5. The molecule has 4 aromatic rings. The minimum absolute atomic E-state index is 0.0662. The summed E-state index contributed by atoms with van der Waals surface area (Å²) in [6, 6.07) is 11.9. The Morgan fingerprint density at radius 3 is 1.97 bits per heavy atom. The van der Waals surface area contributed by atoms with E-state index in [9.17, 15) is 15.0 Å². The molecule has 0 spiro atoms. The third kappa shape index (κ3) is 4.65. The number of nitrogens with one attached hydrogen (secondary N) is 1. The highest BCUT2D eigenvalue weighted by Crippen LogP contribution is 2.40. The molecular formula is C28H30N2O5. The molecule has 0 aliphatic carbocycles. The first-order chi connectivity index (χ1) is 16.9. The topological polar surface area (TPSA) is 105 Å². The van der Waals surface area contributed by atoms with Gasteiger partial charge in [-0.2, -0.15) is 0 Å². The number of aliphatic hydroxyl groups is 2. The lowest BCUT2D eigenvalue weighted by atomic mass is 9.90. The zero-order valence-corrected chi connectivity index (χ0v) is 20.4. The van der Waals surface area contributed by atoms with E-state index in [0.717, 1.165) is 50.3 Å². The molecule has 7 nitrogen and oxygen atoms in total. The van der Waals surface area contributed by atoms with Gasteiger partial charge in [0.1, 0.15) is 24.7 Å². The number of ether oxygens (including phenoxy) is 2. The van der Waals surface area contributed by atoms with Crippen molar-refractivity contribution in [2.75, 3.05) is 26.4 Å². The summed E-state index contributed by atoms with van der Waals surface area (Å²) in [5.41, 5.74) is 7.58. The number of aromatic nitrogens is 2. The second kappa shape index (κ2) is 10.3. The average Bonchev–Trinajstić information content (AvgIpc) is 2.83. The van der Waals surface area contributed by atoms with E-state index in [4.69, 9.17) is 9.47 Å². The van der Waals surface area contributed by atoms with E-state index in [1.165, 1.54) is 6.33 Å². The fourth-order valence-corrected chi connectivity index (χ4v) is 4.57. The van der Waals surface area contributed by atoms with Crippen LogP contribution in [0.3, 0.4) is 0 Å². The van der Waals surface area contributed by atoms with Crippen molar-refractivity contribution < 1.29 is 19.7 Å². The molecule has 0 fully saturated rings. The Balaban J connectivity index is 1.99. The standard InChI is InChI=1S/C28H30N2O5/c1-16-5-7-21(18(3)26(16)34-11-9-31)20-13-23(25-24(14-20)29-15-30-28(25)33)22-8-6-17(2)27(19(22)4)35-12-10-32/h5-8,13-15,31-32H,9-12H2,1-4H3,(H,29,30,33).